The van der Waals surface area contributed by atoms with E-state index in [2.05, 4.69) is 55.4 Å². The quantitative estimate of drug-likeness (QED) is 0.258. The summed E-state index contributed by atoms with van der Waals surface area (Å²) in [5.41, 5.74) is 12.5. The molecule has 1 amide bonds. The number of hydrogen-bond donors (Lipinski definition) is 2. The monoisotopic (exact) mass is 514 g/mol. The van der Waals surface area contributed by atoms with E-state index in [0.29, 0.717) is 35.2 Å². The number of carbonyl (C=O) groups is 1. The molecule has 3 N–H and O–H groups in total. The molecule has 5 rings (SSSR count). The predicted octanol–water partition coefficient (Wildman–Crippen LogP) is 4.50. The Balaban J connectivity index is 1.39. The van der Waals surface area contributed by atoms with Gasteiger partial charge >= 0.3 is 0 Å². The van der Waals surface area contributed by atoms with Gasteiger partial charge in [-0.15, -0.1) is 5.10 Å². The minimum Gasteiger partial charge on any atom is -0.494 e. The Morgan fingerprint density at radius 3 is 2.50 bits per heavy atom. The lowest BCUT2D eigenvalue weighted by atomic mass is 9.84. The standard InChI is InChI=1S/C27H30N8O3/c1-3-37-22-15-13-21(14-16-22)24-23(30-34-35(24)26-25(28)32-38-33-26)27(36)31-29-17(2)18-9-11-20(12-10-18)19-7-5-4-6-8-19/h9-16,19H,3-8H2,1-2H3,(H2,28,32)(H,31,36)/b29-17-. The first-order valence-corrected chi connectivity index (χ1v) is 12.8. The Bertz CT molecular complexity index is 1420. The number of ether oxygens (including phenoxy) is 1. The Hall–Kier alpha value is -4.54. The molecule has 4 aromatic rings. The van der Waals surface area contributed by atoms with Gasteiger partial charge in [0.25, 0.3) is 5.91 Å². The van der Waals surface area contributed by atoms with Crippen molar-refractivity contribution in [1.29, 1.82) is 0 Å². The van der Waals surface area contributed by atoms with E-state index < -0.39 is 5.91 Å². The van der Waals surface area contributed by atoms with E-state index in [1.165, 1.54) is 42.3 Å². The van der Waals surface area contributed by atoms with Gasteiger partial charge in [-0.25, -0.2) is 10.1 Å². The van der Waals surface area contributed by atoms with Crippen molar-refractivity contribution in [3.8, 4) is 22.8 Å². The zero-order chi connectivity index (χ0) is 26.5. The van der Waals surface area contributed by atoms with E-state index in [4.69, 9.17) is 15.1 Å². The lowest BCUT2D eigenvalue weighted by molar-refractivity contribution is 0.0950. The molecule has 196 valence electrons. The lowest BCUT2D eigenvalue weighted by Gasteiger charge is -2.22. The number of amides is 1. The summed E-state index contributed by atoms with van der Waals surface area (Å²) >= 11 is 0. The third kappa shape index (κ3) is 5.26. The van der Waals surface area contributed by atoms with Gasteiger partial charge in [0.1, 0.15) is 11.4 Å². The van der Waals surface area contributed by atoms with Gasteiger partial charge in [-0.2, -0.15) is 9.78 Å². The van der Waals surface area contributed by atoms with Gasteiger partial charge in [-0.05, 0) is 78.3 Å². The number of nitrogens with two attached hydrogens (primary N) is 1. The summed E-state index contributed by atoms with van der Waals surface area (Å²) in [5, 5.41) is 19.9. The first kappa shape index (κ1) is 25.1. The molecule has 2 heterocycles. The van der Waals surface area contributed by atoms with Crippen LogP contribution in [0.2, 0.25) is 0 Å². The van der Waals surface area contributed by atoms with E-state index in [1.807, 2.05) is 13.8 Å². The van der Waals surface area contributed by atoms with Gasteiger partial charge in [0, 0.05) is 5.56 Å². The summed E-state index contributed by atoms with van der Waals surface area (Å²) in [6, 6.07) is 15.6. The Morgan fingerprint density at radius 2 is 1.84 bits per heavy atom. The Kier molecular flexibility index (Phi) is 7.43. The van der Waals surface area contributed by atoms with Crippen LogP contribution in [0.15, 0.2) is 58.3 Å². The van der Waals surface area contributed by atoms with Crippen molar-refractivity contribution in [1.82, 2.24) is 30.7 Å². The third-order valence-electron chi connectivity index (χ3n) is 6.75. The number of hydrazone groups is 1. The second-order valence-corrected chi connectivity index (χ2v) is 9.22. The van der Waals surface area contributed by atoms with Gasteiger partial charge in [-0.1, -0.05) is 48.7 Å². The van der Waals surface area contributed by atoms with E-state index in [9.17, 15) is 4.79 Å². The molecule has 1 aliphatic rings. The highest BCUT2D eigenvalue weighted by atomic mass is 16.6. The van der Waals surface area contributed by atoms with Crippen molar-refractivity contribution in [2.75, 3.05) is 12.3 Å². The molecule has 2 aromatic carbocycles. The Labute approximate surface area is 220 Å². The molecule has 0 atom stereocenters. The number of carbonyl (C=O) groups excluding carboxylic acids is 1. The SMILES string of the molecule is CCOc1ccc(-c2c(C(=O)N/N=C(/C)c3ccc(C4CCCCC4)cc3)nnn2-c2nonc2N)cc1. The summed E-state index contributed by atoms with van der Waals surface area (Å²) in [5.74, 6) is 0.928. The second kappa shape index (κ2) is 11.2. The molecule has 0 aliphatic heterocycles. The molecule has 11 nitrogen and oxygen atoms in total. The second-order valence-electron chi connectivity index (χ2n) is 9.22. The van der Waals surface area contributed by atoms with Crippen LogP contribution >= 0.6 is 0 Å². The number of aromatic nitrogens is 5. The molecular weight excluding hydrogens is 484 g/mol. The van der Waals surface area contributed by atoms with Gasteiger partial charge in [0.2, 0.25) is 11.6 Å². The average Bonchev–Trinajstić information content (AvgIpc) is 3.59. The largest absolute Gasteiger partial charge is 0.494 e. The molecule has 0 radical (unpaired) electrons. The zero-order valence-electron chi connectivity index (χ0n) is 21.4. The molecular formula is C27H30N8O3. The van der Waals surface area contributed by atoms with Crippen molar-refractivity contribution in [3.05, 3.63) is 65.4 Å². The topological polar surface area (TPSA) is 146 Å². The van der Waals surface area contributed by atoms with Gasteiger partial charge in [0.05, 0.1) is 12.3 Å². The number of anilines is 1. The van der Waals surface area contributed by atoms with Crippen molar-refractivity contribution in [2.24, 2.45) is 5.10 Å². The highest BCUT2D eigenvalue weighted by Crippen LogP contribution is 2.32. The summed E-state index contributed by atoms with van der Waals surface area (Å²) in [7, 11) is 0. The third-order valence-corrected chi connectivity index (χ3v) is 6.75. The molecule has 1 saturated carbocycles. The number of nitrogen functional groups attached to an aromatic ring is 1. The number of nitrogens with zero attached hydrogens (tertiary/aromatic N) is 6. The van der Waals surface area contributed by atoms with Crippen LogP contribution in [0.3, 0.4) is 0 Å². The number of hydrogen-bond acceptors (Lipinski definition) is 9. The summed E-state index contributed by atoms with van der Waals surface area (Å²) in [6.07, 6.45) is 6.41. The summed E-state index contributed by atoms with van der Waals surface area (Å²) < 4.78 is 11.6. The molecule has 38 heavy (non-hydrogen) atoms. The minimum absolute atomic E-state index is 0.0135. The summed E-state index contributed by atoms with van der Waals surface area (Å²) in [4.78, 5) is 13.2. The normalized spacial score (nSPS) is 14.4. The molecule has 0 bridgehead atoms. The summed E-state index contributed by atoms with van der Waals surface area (Å²) in [6.45, 7) is 4.29. The molecule has 1 aliphatic carbocycles. The minimum atomic E-state index is -0.534. The molecule has 2 aromatic heterocycles. The van der Waals surface area contributed by atoms with Crippen LogP contribution in [-0.4, -0.2) is 43.5 Å². The highest BCUT2D eigenvalue weighted by Gasteiger charge is 2.25. The van der Waals surface area contributed by atoms with E-state index in [0.717, 1.165) is 5.56 Å². The molecule has 11 heteroatoms. The van der Waals surface area contributed by atoms with Crippen molar-refractivity contribution >= 4 is 17.4 Å². The van der Waals surface area contributed by atoms with E-state index in [1.54, 1.807) is 24.3 Å². The number of nitrogens with one attached hydrogen (secondary N) is 1. The number of benzene rings is 2. The predicted molar refractivity (Wildman–Crippen MR) is 142 cm³/mol. The molecule has 0 unspecified atom stereocenters. The van der Waals surface area contributed by atoms with Crippen LogP contribution in [0.4, 0.5) is 5.82 Å². The fourth-order valence-corrected chi connectivity index (χ4v) is 4.74. The van der Waals surface area contributed by atoms with Crippen LogP contribution in [0, 0.1) is 0 Å². The van der Waals surface area contributed by atoms with Crippen molar-refractivity contribution in [3.63, 3.8) is 0 Å². The number of rotatable bonds is 8. The van der Waals surface area contributed by atoms with Gasteiger partial charge < -0.3 is 10.5 Å². The maximum absolute atomic E-state index is 13.2. The maximum Gasteiger partial charge on any atom is 0.294 e. The molecule has 0 spiro atoms. The smallest absolute Gasteiger partial charge is 0.294 e. The Morgan fingerprint density at radius 1 is 1.11 bits per heavy atom. The van der Waals surface area contributed by atoms with Crippen LogP contribution in [0.1, 0.15) is 73.5 Å². The van der Waals surface area contributed by atoms with Crippen molar-refractivity contribution < 1.29 is 14.2 Å². The maximum atomic E-state index is 13.2. The first-order chi connectivity index (χ1) is 18.5. The average molecular weight is 515 g/mol. The highest BCUT2D eigenvalue weighted by molar-refractivity contribution is 6.02. The lowest BCUT2D eigenvalue weighted by Crippen LogP contribution is -2.21. The fourth-order valence-electron chi connectivity index (χ4n) is 4.74. The van der Waals surface area contributed by atoms with Crippen LogP contribution in [-0.2, 0) is 0 Å². The van der Waals surface area contributed by atoms with Gasteiger partial charge in [0.15, 0.2) is 5.69 Å². The molecule has 0 saturated heterocycles. The molecule has 1 fully saturated rings. The van der Waals surface area contributed by atoms with Crippen LogP contribution in [0.25, 0.3) is 17.1 Å². The first-order valence-electron chi connectivity index (χ1n) is 12.8. The van der Waals surface area contributed by atoms with E-state index in [-0.39, 0.29) is 17.3 Å². The van der Waals surface area contributed by atoms with Gasteiger partial charge in [-0.3, -0.25) is 4.79 Å². The van der Waals surface area contributed by atoms with Crippen LogP contribution in [0.5, 0.6) is 5.75 Å². The van der Waals surface area contributed by atoms with Crippen molar-refractivity contribution in [2.45, 2.75) is 51.9 Å². The zero-order valence-corrected chi connectivity index (χ0v) is 21.4. The fraction of sp³-hybridized carbons (Fsp3) is 0.333. The van der Waals surface area contributed by atoms with E-state index >= 15 is 0 Å². The van der Waals surface area contributed by atoms with Crippen LogP contribution < -0.4 is 15.9 Å².